The molecule has 2 amide bonds. The molecular formula is C12H20N2O5. The van der Waals surface area contributed by atoms with Crippen LogP contribution in [0.1, 0.15) is 38.5 Å². The topological polar surface area (TPSA) is 119 Å². The van der Waals surface area contributed by atoms with Gasteiger partial charge in [-0.1, -0.05) is 0 Å². The fourth-order valence-electron chi connectivity index (χ4n) is 1.99. The lowest BCUT2D eigenvalue weighted by molar-refractivity contribution is -0.143. The Kier molecular flexibility index (Phi) is 6.27. The van der Waals surface area contributed by atoms with Crippen LogP contribution < -0.4 is 11.1 Å². The summed E-state index contributed by atoms with van der Waals surface area (Å²) < 4.78 is 5.47. The van der Waals surface area contributed by atoms with E-state index in [0.717, 1.165) is 19.3 Å². The second kappa shape index (κ2) is 7.73. The number of aliphatic carboxylic acids is 1. The molecule has 0 aromatic carbocycles. The van der Waals surface area contributed by atoms with Crippen LogP contribution in [0.2, 0.25) is 0 Å². The third kappa shape index (κ3) is 6.19. The number of carbonyl (C=O) groups is 3. The number of primary amides is 1. The van der Waals surface area contributed by atoms with Gasteiger partial charge in [0.05, 0.1) is 12.5 Å². The number of carbonyl (C=O) groups excluding carboxylic acids is 2. The fraction of sp³-hybridized carbons (Fsp3) is 0.750. The van der Waals surface area contributed by atoms with Gasteiger partial charge in [0.25, 0.3) is 0 Å². The van der Waals surface area contributed by atoms with E-state index in [1.54, 1.807) is 0 Å². The molecule has 1 aliphatic rings. The lowest BCUT2D eigenvalue weighted by atomic mass is 10.0. The zero-order valence-electron chi connectivity index (χ0n) is 10.8. The molecule has 108 valence electrons. The first-order chi connectivity index (χ1) is 8.99. The molecule has 4 N–H and O–H groups in total. The van der Waals surface area contributed by atoms with Gasteiger partial charge in [-0.05, 0) is 25.7 Å². The summed E-state index contributed by atoms with van der Waals surface area (Å²) in [6.45, 7) is 0.714. The molecule has 1 rings (SSSR count). The smallest absolute Gasteiger partial charge is 0.326 e. The van der Waals surface area contributed by atoms with Gasteiger partial charge >= 0.3 is 5.97 Å². The minimum atomic E-state index is -1.26. The molecule has 0 spiro atoms. The molecule has 0 aromatic rings. The Morgan fingerprint density at radius 3 is 2.63 bits per heavy atom. The molecule has 1 saturated heterocycles. The van der Waals surface area contributed by atoms with Gasteiger partial charge in [-0.3, -0.25) is 9.59 Å². The molecule has 2 unspecified atom stereocenters. The monoisotopic (exact) mass is 272 g/mol. The van der Waals surface area contributed by atoms with Gasteiger partial charge in [0.15, 0.2) is 0 Å². The first kappa shape index (κ1) is 15.4. The molecular weight excluding hydrogens is 252 g/mol. The maximum absolute atomic E-state index is 11.6. The normalized spacial score (nSPS) is 20.5. The van der Waals surface area contributed by atoms with E-state index in [2.05, 4.69) is 5.32 Å². The van der Waals surface area contributed by atoms with E-state index >= 15 is 0 Å². The minimum Gasteiger partial charge on any atom is -0.480 e. The summed E-state index contributed by atoms with van der Waals surface area (Å²) in [5, 5.41) is 11.1. The molecule has 19 heavy (non-hydrogen) atoms. The number of hydrogen-bond acceptors (Lipinski definition) is 4. The van der Waals surface area contributed by atoms with E-state index in [4.69, 9.17) is 15.6 Å². The van der Waals surface area contributed by atoms with E-state index in [1.807, 2.05) is 0 Å². The van der Waals surface area contributed by atoms with Gasteiger partial charge < -0.3 is 20.9 Å². The summed E-state index contributed by atoms with van der Waals surface area (Å²) in [4.78, 5) is 33.1. The van der Waals surface area contributed by atoms with E-state index in [0.29, 0.717) is 13.0 Å². The molecule has 0 aliphatic carbocycles. The Morgan fingerprint density at radius 2 is 2.11 bits per heavy atom. The molecule has 0 aromatic heterocycles. The van der Waals surface area contributed by atoms with Crippen molar-refractivity contribution < 1.29 is 24.2 Å². The van der Waals surface area contributed by atoms with Crippen LogP contribution in [0.25, 0.3) is 0 Å². The van der Waals surface area contributed by atoms with E-state index in [9.17, 15) is 14.4 Å². The van der Waals surface area contributed by atoms with Gasteiger partial charge in [0.1, 0.15) is 6.04 Å². The number of amides is 2. The zero-order chi connectivity index (χ0) is 14.3. The van der Waals surface area contributed by atoms with Gasteiger partial charge in [-0.25, -0.2) is 4.79 Å². The predicted octanol–water partition coefficient (Wildman–Crippen LogP) is -0.220. The number of nitrogens with one attached hydrogen (secondary N) is 1. The Bertz CT molecular complexity index is 339. The van der Waals surface area contributed by atoms with Crippen LogP contribution in [0.15, 0.2) is 0 Å². The summed E-state index contributed by atoms with van der Waals surface area (Å²) in [7, 11) is 0. The molecule has 0 bridgehead atoms. The largest absolute Gasteiger partial charge is 0.480 e. The van der Waals surface area contributed by atoms with Crippen molar-refractivity contribution in [3.8, 4) is 0 Å². The first-order valence-corrected chi connectivity index (χ1v) is 6.41. The quantitative estimate of drug-likeness (QED) is 0.592. The van der Waals surface area contributed by atoms with Crippen molar-refractivity contribution in [1.29, 1.82) is 0 Å². The zero-order valence-corrected chi connectivity index (χ0v) is 10.8. The van der Waals surface area contributed by atoms with Crippen LogP contribution in [-0.2, 0) is 19.1 Å². The van der Waals surface area contributed by atoms with Crippen LogP contribution >= 0.6 is 0 Å². The average Bonchev–Trinajstić information content (AvgIpc) is 2.36. The van der Waals surface area contributed by atoms with Crippen LogP contribution in [0, 0.1) is 0 Å². The van der Waals surface area contributed by atoms with Crippen molar-refractivity contribution in [2.45, 2.75) is 50.7 Å². The van der Waals surface area contributed by atoms with E-state index < -0.39 is 30.2 Å². The predicted molar refractivity (Wildman–Crippen MR) is 66.2 cm³/mol. The number of carboxylic acids is 1. The minimum absolute atomic E-state index is 0.0684. The average molecular weight is 272 g/mol. The molecule has 1 aliphatic heterocycles. The second-order valence-corrected chi connectivity index (χ2v) is 4.66. The van der Waals surface area contributed by atoms with Crippen LogP contribution in [0.4, 0.5) is 0 Å². The third-order valence-electron chi connectivity index (χ3n) is 3.01. The number of nitrogens with two attached hydrogens (primary N) is 1. The van der Waals surface area contributed by atoms with Gasteiger partial charge in [-0.15, -0.1) is 0 Å². The summed E-state index contributed by atoms with van der Waals surface area (Å²) in [5.41, 5.74) is 4.92. The Balaban J connectivity index is 2.31. The maximum Gasteiger partial charge on any atom is 0.326 e. The van der Waals surface area contributed by atoms with Gasteiger partial charge in [0.2, 0.25) is 11.8 Å². The highest BCUT2D eigenvalue weighted by molar-refractivity contribution is 5.88. The fourth-order valence-corrected chi connectivity index (χ4v) is 1.99. The van der Waals surface area contributed by atoms with Crippen LogP contribution in [-0.4, -0.2) is 41.6 Å². The Morgan fingerprint density at radius 1 is 1.37 bits per heavy atom. The summed E-state index contributed by atoms with van der Waals surface area (Å²) in [6.07, 6.45) is 3.48. The van der Waals surface area contributed by atoms with Crippen molar-refractivity contribution in [2.24, 2.45) is 5.73 Å². The van der Waals surface area contributed by atoms with Crippen molar-refractivity contribution in [3.63, 3.8) is 0 Å². The summed E-state index contributed by atoms with van der Waals surface area (Å²) in [6, 6.07) is -1.25. The number of ether oxygens (including phenoxy) is 1. The SMILES string of the molecule is NC(=O)CC(NC(=O)CCC1CCCCO1)C(=O)O. The molecule has 0 saturated carbocycles. The van der Waals surface area contributed by atoms with E-state index in [1.165, 1.54) is 0 Å². The van der Waals surface area contributed by atoms with Crippen LogP contribution in [0.3, 0.4) is 0 Å². The van der Waals surface area contributed by atoms with Crippen molar-refractivity contribution in [2.75, 3.05) is 6.61 Å². The highest BCUT2D eigenvalue weighted by Gasteiger charge is 2.23. The van der Waals surface area contributed by atoms with Gasteiger partial charge in [-0.2, -0.15) is 0 Å². The molecule has 7 heteroatoms. The first-order valence-electron chi connectivity index (χ1n) is 6.41. The molecule has 7 nitrogen and oxygen atoms in total. The lowest BCUT2D eigenvalue weighted by Crippen LogP contribution is -2.43. The van der Waals surface area contributed by atoms with Crippen molar-refractivity contribution >= 4 is 17.8 Å². The Hall–Kier alpha value is -1.63. The maximum atomic E-state index is 11.6. The van der Waals surface area contributed by atoms with Gasteiger partial charge in [0, 0.05) is 13.0 Å². The number of carboxylic acid groups (broad SMARTS) is 1. The standard InChI is InChI=1S/C12H20N2O5/c13-10(15)7-9(12(17)18)14-11(16)5-4-8-3-1-2-6-19-8/h8-9H,1-7H2,(H2,13,15)(H,14,16)(H,17,18). The molecule has 1 heterocycles. The summed E-state index contributed by atoms with van der Waals surface area (Å²) in [5.74, 6) is -2.42. The highest BCUT2D eigenvalue weighted by Crippen LogP contribution is 2.16. The number of rotatable bonds is 7. The second-order valence-electron chi connectivity index (χ2n) is 4.66. The summed E-state index contributed by atoms with van der Waals surface area (Å²) >= 11 is 0. The highest BCUT2D eigenvalue weighted by atomic mass is 16.5. The molecule has 2 atom stereocenters. The van der Waals surface area contributed by atoms with E-state index in [-0.39, 0.29) is 12.5 Å². The Labute approximate surface area is 111 Å². The number of hydrogen-bond donors (Lipinski definition) is 3. The van der Waals surface area contributed by atoms with Crippen molar-refractivity contribution in [1.82, 2.24) is 5.32 Å². The third-order valence-corrected chi connectivity index (χ3v) is 3.01. The van der Waals surface area contributed by atoms with Crippen molar-refractivity contribution in [3.05, 3.63) is 0 Å². The van der Waals surface area contributed by atoms with Crippen LogP contribution in [0.5, 0.6) is 0 Å². The lowest BCUT2D eigenvalue weighted by Gasteiger charge is -2.22. The molecule has 1 fully saturated rings. The molecule has 0 radical (unpaired) electrons.